The first-order chi connectivity index (χ1) is 10.6. The van der Waals surface area contributed by atoms with Crippen molar-refractivity contribution in [3.63, 3.8) is 0 Å². The van der Waals surface area contributed by atoms with Crippen molar-refractivity contribution in [2.75, 3.05) is 0 Å². The molecule has 3 rings (SSSR count). The van der Waals surface area contributed by atoms with Crippen molar-refractivity contribution in [1.29, 1.82) is 0 Å². The van der Waals surface area contributed by atoms with E-state index in [1.54, 1.807) is 12.1 Å². The van der Waals surface area contributed by atoms with Crippen molar-refractivity contribution in [2.24, 2.45) is 5.92 Å². The molecule has 0 aliphatic heterocycles. The number of amides is 1. The van der Waals surface area contributed by atoms with Gasteiger partial charge in [0.2, 0.25) is 0 Å². The van der Waals surface area contributed by atoms with E-state index in [-0.39, 0.29) is 23.6 Å². The number of pyridine rings is 1. The molecule has 0 radical (unpaired) electrons. The molecule has 0 unspecified atom stereocenters. The van der Waals surface area contributed by atoms with E-state index in [0.29, 0.717) is 10.5 Å². The number of carbonyl (C=O) groups is 1. The van der Waals surface area contributed by atoms with Crippen LogP contribution in [0.25, 0.3) is 5.65 Å². The number of carbonyl (C=O) groups excluding carboxylic acids is 1. The Kier molecular flexibility index (Phi) is 3.98. The Morgan fingerprint density at radius 3 is 2.77 bits per heavy atom. The fourth-order valence-corrected chi connectivity index (χ4v) is 2.56. The number of furan rings is 1. The van der Waals surface area contributed by atoms with Gasteiger partial charge in [-0.25, -0.2) is 0 Å². The second kappa shape index (κ2) is 5.92. The van der Waals surface area contributed by atoms with E-state index in [4.69, 9.17) is 4.42 Å². The number of fused-ring (bicyclic) bond motifs is 1. The van der Waals surface area contributed by atoms with Crippen molar-refractivity contribution < 1.29 is 9.21 Å². The van der Waals surface area contributed by atoms with Gasteiger partial charge in [-0.1, -0.05) is 19.9 Å². The number of hydrogen-bond acceptors (Lipinski definition) is 4. The molecule has 1 N–H and O–H groups in total. The number of nitrogens with one attached hydrogen (secondary N) is 1. The van der Waals surface area contributed by atoms with E-state index in [1.165, 1.54) is 0 Å². The summed E-state index contributed by atoms with van der Waals surface area (Å²) >= 11 is 3.19. The zero-order valence-electron chi connectivity index (χ0n) is 12.2. The van der Waals surface area contributed by atoms with Gasteiger partial charge in [0.05, 0.1) is 6.04 Å². The first-order valence-electron chi connectivity index (χ1n) is 6.92. The zero-order chi connectivity index (χ0) is 15.7. The molecule has 1 amide bonds. The number of rotatable bonds is 4. The monoisotopic (exact) mass is 362 g/mol. The molecule has 22 heavy (non-hydrogen) atoms. The maximum atomic E-state index is 12.3. The summed E-state index contributed by atoms with van der Waals surface area (Å²) in [4.78, 5) is 12.3. The number of nitrogens with zero attached hydrogens (tertiary/aromatic N) is 3. The van der Waals surface area contributed by atoms with Crippen molar-refractivity contribution in [2.45, 2.75) is 19.9 Å². The van der Waals surface area contributed by atoms with E-state index in [2.05, 4.69) is 31.4 Å². The van der Waals surface area contributed by atoms with E-state index < -0.39 is 0 Å². The van der Waals surface area contributed by atoms with Crippen molar-refractivity contribution in [3.8, 4) is 0 Å². The van der Waals surface area contributed by atoms with Gasteiger partial charge < -0.3 is 9.73 Å². The molecule has 3 heterocycles. The Hall–Kier alpha value is -2.15. The molecule has 0 aliphatic rings. The quantitative estimate of drug-likeness (QED) is 0.773. The summed E-state index contributed by atoms with van der Waals surface area (Å²) < 4.78 is 7.69. The van der Waals surface area contributed by atoms with Crippen LogP contribution in [0.2, 0.25) is 0 Å². The molecular formula is C15H15BrN4O2. The standard InChI is InChI=1S/C15H15BrN4O2/c1-9(2)13(17-15(21)10-6-7-11(16)22-10)14-19-18-12-5-3-4-8-20(12)14/h3-9,13H,1-2H3,(H,17,21)/t13-/m0/s1. The predicted molar refractivity (Wildman–Crippen MR) is 84.4 cm³/mol. The molecule has 3 aromatic rings. The van der Waals surface area contributed by atoms with Gasteiger partial charge in [0.25, 0.3) is 5.91 Å². The van der Waals surface area contributed by atoms with Crippen LogP contribution in [0.15, 0.2) is 45.6 Å². The van der Waals surface area contributed by atoms with Crippen LogP contribution in [0.5, 0.6) is 0 Å². The summed E-state index contributed by atoms with van der Waals surface area (Å²) in [5, 5.41) is 11.3. The van der Waals surface area contributed by atoms with Crippen LogP contribution < -0.4 is 5.32 Å². The highest BCUT2D eigenvalue weighted by Crippen LogP contribution is 2.22. The van der Waals surface area contributed by atoms with E-state index in [9.17, 15) is 4.79 Å². The molecule has 0 aliphatic carbocycles. The summed E-state index contributed by atoms with van der Waals surface area (Å²) in [5.74, 6) is 0.822. The molecule has 0 saturated carbocycles. The average Bonchev–Trinajstić information content (AvgIpc) is 3.10. The average molecular weight is 363 g/mol. The molecular weight excluding hydrogens is 348 g/mol. The number of halogens is 1. The fourth-order valence-electron chi connectivity index (χ4n) is 2.25. The molecule has 6 nitrogen and oxygen atoms in total. The van der Waals surface area contributed by atoms with Gasteiger partial charge in [-0.05, 0) is 46.1 Å². The zero-order valence-corrected chi connectivity index (χ0v) is 13.7. The summed E-state index contributed by atoms with van der Waals surface area (Å²) in [7, 11) is 0. The molecule has 3 aromatic heterocycles. The largest absolute Gasteiger partial charge is 0.444 e. The third-order valence-corrected chi connectivity index (χ3v) is 3.79. The SMILES string of the molecule is CC(C)[C@H](NC(=O)c1ccc(Br)o1)c1nnc2ccccn12. The Balaban J connectivity index is 1.92. The van der Waals surface area contributed by atoms with E-state index >= 15 is 0 Å². The van der Waals surface area contributed by atoms with Gasteiger partial charge in [0.1, 0.15) is 0 Å². The lowest BCUT2D eigenvalue weighted by molar-refractivity contribution is 0.0893. The summed E-state index contributed by atoms with van der Waals surface area (Å²) in [6, 6.07) is 8.72. The number of aromatic nitrogens is 3. The van der Waals surface area contributed by atoms with Crippen LogP contribution in [-0.2, 0) is 0 Å². The third kappa shape index (κ3) is 2.76. The molecule has 1 atom stereocenters. The Morgan fingerprint density at radius 2 is 2.09 bits per heavy atom. The van der Waals surface area contributed by atoms with Gasteiger partial charge in [0.15, 0.2) is 21.9 Å². The minimum atomic E-state index is -0.280. The highest BCUT2D eigenvalue weighted by atomic mass is 79.9. The van der Waals surface area contributed by atoms with Gasteiger partial charge in [0, 0.05) is 6.20 Å². The van der Waals surface area contributed by atoms with Gasteiger partial charge >= 0.3 is 0 Å². The van der Waals surface area contributed by atoms with E-state index in [0.717, 1.165) is 5.65 Å². The lowest BCUT2D eigenvalue weighted by Crippen LogP contribution is -2.32. The minimum absolute atomic E-state index is 0.148. The lowest BCUT2D eigenvalue weighted by Gasteiger charge is -2.20. The summed E-state index contributed by atoms with van der Waals surface area (Å²) in [6.45, 7) is 4.04. The van der Waals surface area contributed by atoms with Crippen LogP contribution >= 0.6 is 15.9 Å². The van der Waals surface area contributed by atoms with Crippen LogP contribution in [-0.4, -0.2) is 20.5 Å². The predicted octanol–water partition coefficient (Wildman–Crippen LogP) is 3.21. The van der Waals surface area contributed by atoms with Crippen LogP contribution in [0.4, 0.5) is 0 Å². The Bertz CT molecular complexity index is 809. The molecule has 0 bridgehead atoms. The smallest absolute Gasteiger partial charge is 0.287 e. The second-order valence-electron chi connectivity index (χ2n) is 5.29. The third-order valence-electron chi connectivity index (χ3n) is 3.37. The first-order valence-corrected chi connectivity index (χ1v) is 7.71. The van der Waals surface area contributed by atoms with Gasteiger partial charge in [-0.15, -0.1) is 10.2 Å². The normalized spacial score (nSPS) is 12.7. The highest BCUT2D eigenvalue weighted by molar-refractivity contribution is 9.10. The molecule has 0 aromatic carbocycles. The minimum Gasteiger partial charge on any atom is -0.444 e. The molecule has 0 spiro atoms. The molecule has 0 saturated heterocycles. The number of hydrogen-bond donors (Lipinski definition) is 1. The van der Waals surface area contributed by atoms with Crippen LogP contribution in [0, 0.1) is 5.92 Å². The second-order valence-corrected chi connectivity index (χ2v) is 6.07. The Labute approximate surface area is 135 Å². The maximum Gasteiger partial charge on any atom is 0.287 e. The highest BCUT2D eigenvalue weighted by Gasteiger charge is 2.25. The van der Waals surface area contributed by atoms with Crippen molar-refractivity contribution >= 4 is 27.5 Å². The lowest BCUT2D eigenvalue weighted by atomic mass is 10.0. The molecule has 114 valence electrons. The summed E-state index contributed by atoms with van der Waals surface area (Å²) in [6.07, 6.45) is 1.88. The van der Waals surface area contributed by atoms with E-state index in [1.807, 2.05) is 42.6 Å². The van der Waals surface area contributed by atoms with Crippen LogP contribution in [0.1, 0.15) is 36.3 Å². The van der Waals surface area contributed by atoms with Gasteiger partial charge in [-0.3, -0.25) is 9.20 Å². The molecule has 7 heteroatoms. The topological polar surface area (TPSA) is 72.4 Å². The first kappa shape index (κ1) is 14.8. The summed E-state index contributed by atoms with van der Waals surface area (Å²) in [5.41, 5.74) is 0.748. The fraction of sp³-hybridized carbons (Fsp3) is 0.267. The van der Waals surface area contributed by atoms with Crippen molar-refractivity contribution in [1.82, 2.24) is 19.9 Å². The van der Waals surface area contributed by atoms with Crippen LogP contribution in [0.3, 0.4) is 0 Å². The van der Waals surface area contributed by atoms with Crippen molar-refractivity contribution in [3.05, 3.63) is 52.8 Å². The Morgan fingerprint density at radius 1 is 1.27 bits per heavy atom. The maximum absolute atomic E-state index is 12.3. The van der Waals surface area contributed by atoms with Gasteiger partial charge in [-0.2, -0.15) is 0 Å². The molecule has 0 fully saturated rings.